The molecule has 0 unspecified atom stereocenters. The van der Waals surface area contributed by atoms with E-state index in [1.165, 1.54) is 0 Å². The van der Waals surface area contributed by atoms with Crippen LogP contribution >= 0.6 is 0 Å². The number of rotatable bonds is 1. The second kappa shape index (κ2) is 3.06. The van der Waals surface area contributed by atoms with Gasteiger partial charge in [0.2, 0.25) is 0 Å². The van der Waals surface area contributed by atoms with Crippen molar-refractivity contribution in [1.82, 2.24) is 9.78 Å². The molecule has 0 fully saturated rings. The Morgan fingerprint density at radius 1 is 1.29 bits per heavy atom. The Bertz CT molecular complexity index is 459. The zero-order valence-electron chi connectivity index (χ0n) is 7.94. The third kappa shape index (κ3) is 1.31. The molecule has 4 N–H and O–H groups in total. The van der Waals surface area contributed by atoms with Crippen molar-refractivity contribution in [2.24, 2.45) is 7.05 Å². The minimum absolute atomic E-state index is 0.603. The number of hydrogen-bond donors (Lipinski definition) is 2. The molecule has 0 atom stereocenters. The summed E-state index contributed by atoms with van der Waals surface area (Å²) in [4.78, 5) is 0. The minimum Gasteiger partial charge on any atom is -0.397 e. The molecule has 2 rings (SSSR count). The Labute approximate surface area is 82.1 Å². The van der Waals surface area contributed by atoms with Gasteiger partial charge in [-0.1, -0.05) is 12.1 Å². The van der Waals surface area contributed by atoms with E-state index in [2.05, 4.69) is 5.10 Å². The Morgan fingerprint density at radius 2 is 2.07 bits per heavy atom. The van der Waals surface area contributed by atoms with Crippen molar-refractivity contribution in [1.29, 1.82) is 0 Å². The monoisotopic (exact) mass is 188 g/mol. The van der Waals surface area contributed by atoms with Gasteiger partial charge in [-0.2, -0.15) is 5.10 Å². The maximum Gasteiger partial charge on any atom is 0.0628 e. The van der Waals surface area contributed by atoms with Crippen LogP contribution in [0.1, 0.15) is 0 Å². The normalized spacial score (nSPS) is 10.4. The highest BCUT2D eigenvalue weighted by atomic mass is 15.2. The summed E-state index contributed by atoms with van der Waals surface area (Å²) in [6.45, 7) is 0. The number of aryl methyl sites for hydroxylation is 1. The number of nitrogens with two attached hydrogens (primary N) is 2. The molecule has 1 aromatic carbocycles. The lowest BCUT2D eigenvalue weighted by Gasteiger charge is -2.05. The number of nitrogen functional groups attached to an aromatic ring is 2. The average Bonchev–Trinajstić information content (AvgIpc) is 2.57. The molecule has 4 heteroatoms. The molecule has 0 saturated carbocycles. The summed E-state index contributed by atoms with van der Waals surface area (Å²) in [5.41, 5.74) is 14.7. The van der Waals surface area contributed by atoms with E-state index in [9.17, 15) is 0 Å². The molecule has 0 amide bonds. The van der Waals surface area contributed by atoms with Gasteiger partial charge in [0, 0.05) is 24.4 Å². The molecule has 0 aliphatic carbocycles. The zero-order valence-corrected chi connectivity index (χ0v) is 7.94. The van der Waals surface area contributed by atoms with Crippen molar-refractivity contribution >= 4 is 11.4 Å². The van der Waals surface area contributed by atoms with E-state index in [-0.39, 0.29) is 0 Å². The van der Waals surface area contributed by atoms with Crippen LogP contribution in [0.15, 0.2) is 30.6 Å². The fourth-order valence-corrected chi connectivity index (χ4v) is 1.40. The van der Waals surface area contributed by atoms with Crippen LogP contribution in [-0.2, 0) is 7.05 Å². The molecule has 14 heavy (non-hydrogen) atoms. The van der Waals surface area contributed by atoms with Gasteiger partial charge in [0.25, 0.3) is 0 Å². The van der Waals surface area contributed by atoms with E-state index < -0.39 is 0 Å². The quantitative estimate of drug-likeness (QED) is 0.662. The van der Waals surface area contributed by atoms with Crippen molar-refractivity contribution in [2.75, 3.05) is 11.5 Å². The lowest BCUT2D eigenvalue weighted by atomic mass is 10.1. The fraction of sp³-hybridized carbons (Fsp3) is 0.100. The number of hydrogen-bond acceptors (Lipinski definition) is 3. The fourth-order valence-electron chi connectivity index (χ4n) is 1.40. The van der Waals surface area contributed by atoms with Crippen LogP contribution < -0.4 is 11.5 Å². The van der Waals surface area contributed by atoms with Crippen LogP contribution in [0.2, 0.25) is 0 Å². The SMILES string of the molecule is Cn1cc(-c2cccc(N)c2N)cn1. The molecular weight excluding hydrogens is 176 g/mol. The lowest BCUT2D eigenvalue weighted by Crippen LogP contribution is -1.96. The molecule has 1 aromatic heterocycles. The third-order valence-corrected chi connectivity index (χ3v) is 2.16. The summed E-state index contributed by atoms with van der Waals surface area (Å²) in [7, 11) is 1.87. The van der Waals surface area contributed by atoms with Gasteiger partial charge < -0.3 is 11.5 Å². The van der Waals surface area contributed by atoms with Gasteiger partial charge in [-0.25, -0.2) is 0 Å². The summed E-state index contributed by atoms with van der Waals surface area (Å²) in [5, 5.41) is 4.08. The third-order valence-electron chi connectivity index (χ3n) is 2.16. The highest BCUT2D eigenvalue weighted by molar-refractivity contribution is 5.83. The number of aromatic nitrogens is 2. The molecular formula is C10H12N4. The molecule has 0 spiro atoms. The number of para-hydroxylation sites is 1. The molecule has 2 aromatic rings. The smallest absolute Gasteiger partial charge is 0.0628 e. The first-order valence-corrected chi connectivity index (χ1v) is 4.31. The first-order chi connectivity index (χ1) is 6.68. The minimum atomic E-state index is 0.603. The summed E-state index contributed by atoms with van der Waals surface area (Å²) < 4.78 is 1.73. The van der Waals surface area contributed by atoms with Gasteiger partial charge in [-0.05, 0) is 6.07 Å². The summed E-state index contributed by atoms with van der Waals surface area (Å²) in [6.07, 6.45) is 3.68. The second-order valence-corrected chi connectivity index (χ2v) is 3.21. The van der Waals surface area contributed by atoms with Crippen LogP contribution in [0.25, 0.3) is 11.1 Å². The Kier molecular flexibility index (Phi) is 1.89. The van der Waals surface area contributed by atoms with Crippen molar-refractivity contribution in [3.63, 3.8) is 0 Å². The van der Waals surface area contributed by atoms with E-state index in [0.29, 0.717) is 11.4 Å². The van der Waals surface area contributed by atoms with Gasteiger partial charge in [-0.15, -0.1) is 0 Å². The predicted molar refractivity (Wildman–Crippen MR) is 57.5 cm³/mol. The first-order valence-electron chi connectivity index (χ1n) is 4.31. The Morgan fingerprint density at radius 3 is 2.71 bits per heavy atom. The van der Waals surface area contributed by atoms with Crippen molar-refractivity contribution in [2.45, 2.75) is 0 Å². The number of nitrogens with zero attached hydrogens (tertiary/aromatic N) is 2. The second-order valence-electron chi connectivity index (χ2n) is 3.21. The van der Waals surface area contributed by atoms with E-state index in [0.717, 1.165) is 11.1 Å². The Balaban J connectivity index is 2.57. The maximum atomic E-state index is 5.86. The first kappa shape index (κ1) is 8.62. The van der Waals surface area contributed by atoms with Crippen LogP contribution in [0.3, 0.4) is 0 Å². The lowest BCUT2D eigenvalue weighted by molar-refractivity contribution is 0.768. The standard InChI is InChI=1S/C10H12N4/c1-14-6-7(5-13-14)8-3-2-4-9(11)10(8)12/h2-6H,11-12H2,1H3. The Hall–Kier alpha value is -1.97. The zero-order chi connectivity index (χ0) is 10.1. The van der Waals surface area contributed by atoms with Gasteiger partial charge in [0.1, 0.15) is 0 Å². The van der Waals surface area contributed by atoms with Gasteiger partial charge in [-0.3, -0.25) is 4.68 Å². The largest absolute Gasteiger partial charge is 0.397 e. The molecule has 4 nitrogen and oxygen atoms in total. The van der Waals surface area contributed by atoms with Crippen LogP contribution in [0, 0.1) is 0 Å². The molecule has 0 radical (unpaired) electrons. The highest BCUT2D eigenvalue weighted by Crippen LogP contribution is 2.29. The topological polar surface area (TPSA) is 69.9 Å². The van der Waals surface area contributed by atoms with Crippen molar-refractivity contribution in [3.05, 3.63) is 30.6 Å². The predicted octanol–water partition coefficient (Wildman–Crippen LogP) is 1.25. The van der Waals surface area contributed by atoms with Crippen molar-refractivity contribution < 1.29 is 0 Å². The number of benzene rings is 1. The maximum absolute atomic E-state index is 5.86. The number of anilines is 2. The van der Waals surface area contributed by atoms with E-state index in [1.807, 2.05) is 25.4 Å². The van der Waals surface area contributed by atoms with Gasteiger partial charge in [0.15, 0.2) is 0 Å². The molecule has 72 valence electrons. The molecule has 0 aliphatic rings. The molecule has 1 heterocycles. The van der Waals surface area contributed by atoms with Crippen molar-refractivity contribution in [3.8, 4) is 11.1 Å². The van der Waals surface area contributed by atoms with Crippen LogP contribution in [0.5, 0.6) is 0 Å². The molecule has 0 aliphatic heterocycles. The summed E-state index contributed by atoms with van der Waals surface area (Å²) >= 11 is 0. The van der Waals surface area contributed by atoms with Crippen LogP contribution in [0.4, 0.5) is 11.4 Å². The van der Waals surface area contributed by atoms with E-state index in [1.54, 1.807) is 16.9 Å². The van der Waals surface area contributed by atoms with Gasteiger partial charge in [0.05, 0.1) is 17.6 Å². The highest BCUT2D eigenvalue weighted by Gasteiger charge is 2.05. The van der Waals surface area contributed by atoms with E-state index in [4.69, 9.17) is 11.5 Å². The average molecular weight is 188 g/mol. The molecule has 0 bridgehead atoms. The summed E-state index contributed by atoms with van der Waals surface area (Å²) in [6, 6.07) is 5.60. The van der Waals surface area contributed by atoms with Crippen LogP contribution in [-0.4, -0.2) is 9.78 Å². The molecule has 0 saturated heterocycles. The van der Waals surface area contributed by atoms with Gasteiger partial charge >= 0.3 is 0 Å². The van der Waals surface area contributed by atoms with E-state index >= 15 is 0 Å². The summed E-state index contributed by atoms with van der Waals surface area (Å²) in [5.74, 6) is 0.